The van der Waals surface area contributed by atoms with Gasteiger partial charge in [-0.1, -0.05) is 56.4 Å². The molecule has 15 heteroatoms. The van der Waals surface area contributed by atoms with Gasteiger partial charge in [0.05, 0.1) is 43.9 Å². The average Bonchev–Trinajstić information content (AvgIpc) is 3.74. The molecule has 1 saturated heterocycles. The molecule has 4 fully saturated rings. The van der Waals surface area contributed by atoms with Crippen molar-refractivity contribution in [1.29, 1.82) is 0 Å². The Labute approximate surface area is 304 Å². The quantitative estimate of drug-likeness (QED) is 0.139. The molecule has 1 aromatic rings. The van der Waals surface area contributed by atoms with E-state index in [2.05, 4.69) is 5.32 Å². The fourth-order valence-electron chi connectivity index (χ4n) is 8.41. The molecule has 288 valence electrons. The van der Waals surface area contributed by atoms with Gasteiger partial charge in [0, 0.05) is 44.7 Å². The van der Waals surface area contributed by atoms with Crippen LogP contribution in [0.25, 0.3) is 0 Å². The van der Waals surface area contributed by atoms with Crippen molar-refractivity contribution in [2.45, 2.75) is 94.7 Å². The van der Waals surface area contributed by atoms with Gasteiger partial charge in [0.15, 0.2) is 6.29 Å². The van der Waals surface area contributed by atoms with Crippen LogP contribution in [0.5, 0.6) is 0 Å². The lowest BCUT2D eigenvalue weighted by atomic mass is 9.86. The Morgan fingerprint density at radius 1 is 0.654 bits per heavy atom. The first-order chi connectivity index (χ1) is 24.8. The van der Waals surface area contributed by atoms with Gasteiger partial charge in [-0.3, -0.25) is 38.7 Å². The van der Waals surface area contributed by atoms with Crippen molar-refractivity contribution < 1.29 is 53.9 Å². The number of carboxylic acid groups (broad SMARTS) is 4. The minimum Gasteiger partial charge on any atom is -0.480 e. The van der Waals surface area contributed by atoms with Crippen LogP contribution >= 0.6 is 0 Å². The number of fused-ring (bicyclic) bond motifs is 1. The van der Waals surface area contributed by atoms with E-state index in [1.54, 1.807) is 4.90 Å². The summed E-state index contributed by atoms with van der Waals surface area (Å²) in [6.45, 7) is -1.84. The van der Waals surface area contributed by atoms with E-state index in [9.17, 15) is 44.4 Å². The summed E-state index contributed by atoms with van der Waals surface area (Å²) in [6, 6.07) is 7.87. The molecule has 5 rings (SSSR count). The summed E-state index contributed by atoms with van der Waals surface area (Å²) in [5, 5.41) is 39.7. The number of nitrogens with one attached hydrogen (secondary N) is 1. The normalized spacial score (nSPS) is 27.0. The fourth-order valence-corrected chi connectivity index (χ4v) is 8.41. The molecule has 5 atom stereocenters. The molecule has 1 heterocycles. The van der Waals surface area contributed by atoms with Gasteiger partial charge < -0.3 is 35.2 Å². The van der Waals surface area contributed by atoms with Crippen LogP contribution in [0.3, 0.4) is 0 Å². The smallest absolute Gasteiger partial charge is 0.317 e. The van der Waals surface area contributed by atoms with Gasteiger partial charge >= 0.3 is 23.9 Å². The maximum atomic E-state index is 13.1. The number of carbonyl (C=O) groups excluding carboxylic acids is 1. The highest BCUT2D eigenvalue weighted by Crippen LogP contribution is 2.59. The second-order valence-corrected chi connectivity index (χ2v) is 15.3. The first-order valence-corrected chi connectivity index (χ1v) is 18.6. The number of ether oxygens (including phenoxy) is 2. The van der Waals surface area contributed by atoms with Crippen LogP contribution < -0.4 is 5.32 Å². The first kappa shape index (κ1) is 39.6. The number of benzene rings is 1. The second-order valence-electron chi connectivity index (χ2n) is 15.3. The van der Waals surface area contributed by atoms with Gasteiger partial charge in [-0.25, -0.2) is 0 Å². The van der Waals surface area contributed by atoms with Crippen molar-refractivity contribution in [3.05, 3.63) is 35.4 Å². The Balaban J connectivity index is 1.18. The Morgan fingerprint density at radius 3 is 1.79 bits per heavy atom. The molecule has 1 aliphatic heterocycles. The Morgan fingerprint density at radius 2 is 1.19 bits per heavy atom. The molecule has 0 radical (unpaired) electrons. The van der Waals surface area contributed by atoms with Crippen LogP contribution in [0.4, 0.5) is 0 Å². The van der Waals surface area contributed by atoms with Crippen molar-refractivity contribution >= 4 is 29.8 Å². The van der Waals surface area contributed by atoms with Crippen LogP contribution in [0.2, 0.25) is 0 Å². The number of amides is 1. The third-order valence-corrected chi connectivity index (χ3v) is 11.1. The number of hydrogen-bond donors (Lipinski definition) is 5. The van der Waals surface area contributed by atoms with Gasteiger partial charge in [0.1, 0.15) is 0 Å². The monoisotopic (exact) mass is 730 g/mol. The van der Waals surface area contributed by atoms with Crippen molar-refractivity contribution in [3.8, 4) is 0 Å². The van der Waals surface area contributed by atoms with E-state index >= 15 is 0 Å². The van der Waals surface area contributed by atoms with Crippen LogP contribution in [0.1, 0.15) is 88.0 Å². The van der Waals surface area contributed by atoms with Crippen molar-refractivity contribution in [2.24, 2.45) is 11.8 Å². The predicted molar refractivity (Wildman–Crippen MR) is 186 cm³/mol. The van der Waals surface area contributed by atoms with Crippen molar-refractivity contribution in [1.82, 2.24) is 20.0 Å². The molecule has 1 amide bonds. The lowest BCUT2D eigenvalue weighted by Gasteiger charge is -2.45. The summed E-state index contributed by atoms with van der Waals surface area (Å²) in [7, 11) is 0. The highest BCUT2D eigenvalue weighted by Gasteiger charge is 2.58. The summed E-state index contributed by atoms with van der Waals surface area (Å²) >= 11 is 0. The number of carbonyl (C=O) groups is 5. The maximum Gasteiger partial charge on any atom is 0.317 e. The zero-order valence-electron chi connectivity index (χ0n) is 29.9. The number of hydrogen-bond acceptors (Lipinski definition) is 10. The van der Waals surface area contributed by atoms with Crippen LogP contribution in [-0.2, 0) is 40.0 Å². The summed E-state index contributed by atoms with van der Waals surface area (Å²) < 4.78 is 13.6. The molecule has 0 spiro atoms. The SMILES string of the molecule is O=C(O)CN(CCN(CCN(CC(=O)O)CC(=O)O)CC(=O)NCc1ccc(C2OC34CCCCCCC5CC5CC(CC3)(C4)O2)cc1)CC(=O)O. The molecule has 5 unspecified atom stereocenters. The third-order valence-electron chi connectivity index (χ3n) is 11.1. The molecule has 52 heavy (non-hydrogen) atoms. The van der Waals surface area contributed by atoms with Gasteiger partial charge in [-0.15, -0.1) is 0 Å². The molecule has 5 N–H and O–H groups in total. The third kappa shape index (κ3) is 12.0. The minimum atomic E-state index is -1.21. The van der Waals surface area contributed by atoms with Crippen LogP contribution in [0.15, 0.2) is 24.3 Å². The lowest BCUT2D eigenvalue weighted by Crippen LogP contribution is -2.47. The van der Waals surface area contributed by atoms with Crippen LogP contribution in [0, 0.1) is 11.8 Å². The van der Waals surface area contributed by atoms with Gasteiger partial charge in [0.2, 0.25) is 5.91 Å². The van der Waals surface area contributed by atoms with E-state index in [0.29, 0.717) is 0 Å². The average molecular weight is 731 g/mol. The fraction of sp³-hybridized carbons (Fsp3) is 0.703. The number of rotatable bonds is 19. The minimum absolute atomic E-state index is 0.000318. The molecule has 0 aromatic heterocycles. The maximum absolute atomic E-state index is 13.1. The van der Waals surface area contributed by atoms with Crippen LogP contribution in [-0.4, -0.2) is 135 Å². The number of nitrogens with zero attached hydrogens (tertiary/aromatic N) is 3. The zero-order valence-corrected chi connectivity index (χ0v) is 29.9. The molecule has 4 aliphatic rings. The van der Waals surface area contributed by atoms with E-state index in [0.717, 1.165) is 55.1 Å². The molecule has 2 bridgehead atoms. The standard InChI is InChI=1S/C37H54N4O11/c42-30(20-39(13-15-40(21-31(43)44)22-32(45)46)14-16-41(23-33(47)48)24-34(49)50)38-19-26-6-8-27(9-7-26)35-51-36-10-4-2-1-3-5-28-17-29(28)18-37(25-36,52-35)12-11-36/h6-9,28-29,35H,1-5,10-25H2,(H,38,42)(H,43,44)(H,45,46)(H,47,48)(H,49,50). The van der Waals surface area contributed by atoms with Crippen molar-refractivity contribution in [2.75, 3.05) is 58.9 Å². The van der Waals surface area contributed by atoms with Gasteiger partial charge in [0.25, 0.3) is 0 Å². The Bertz CT molecular complexity index is 1350. The lowest BCUT2D eigenvalue weighted by molar-refractivity contribution is -0.299. The predicted octanol–water partition coefficient (Wildman–Crippen LogP) is 2.63. The van der Waals surface area contributed by atoms with E-state index in [1.807, 2.05) is 24.3 Å². The van der Waals surface area contributed by atoms with E-state index in [-0.39, 0.29) is 56.4 Å². The molecule has 3 saturated carbocycles. The molecule has 15 nitrogen and oxygen atoms in total. The van der Waals surface area contributed by atoms with E-state index < -0.39 is 56.3 Å². The summed E-state index contributed by atoms with van der Waals surface area (Å²) in [5.41, 5.74) is 1.55. The first-order valence-electron chi connectivity index (χ1n) is 18.6. The Kier molecular flexibility index (Phi) is 13.6. The molecular weight excluding hydrogens is 676 g/mol. The topological polar surface area (TPSA) is 206 Å². The number of carboxylic acids is 4. The second kappa shape index (κ2) is 17.9. The molecular formula is C37H54N4O11. The Hall–Kier alpha value is -3.63. The van der Waals surface area contributed by atoms with E-state index in [1.165, 1.54) is 48.3 Å². The summed E-state index contributed by atoms with van der Waals surface area (Å²) in [5.74, 6) is -3.58. The molecule has 3 aliphatic carbocycles. The molecule has 1 aromatic carbocycles. The van der Waals surface area contributed by atoms with Gasteiger partial charge in [-0.2, -0.15) is 0 Å². The summed E-state index contributed by atoms with van der Waals surface area (Å²) in [6.07, 6.45) is 12.6. The van der Waals surface area contributed by atoms with Crippen molar-refractivity contribution in [3.63, 3.8) is 0 Å². The number of aliphatic carboxylic acids is 4. The highest BCUT2D eigenvalue weighted by atomic mass is 16.7. The highest BCUT2D eigenvalue weighted by molar-refractivity contribution is 5.78. The zero-order chi connectivity index (χ0) is 37.3. The van der Waals surface area contributed by atoms with E-state index in [4.69, 9.17) is 9.47 Å². The largest absolute Gasteiger partial charge is 0.480 e. The summed E-state index contributed by atoms with van der Waals surface area (Å²) in [4.78, 5) is 62.3. The van der Waals surface area contributed by atoms with Gasteiger partial charge in [-0.05, 0) is 49.5 Å².